The molecule has 0 aliphatic carbocycles. The van der Waals surface area contributed by atoms with Gasteiger partial charge in [-0.15, -0.1) is 0 Å². The number of carbonyl (C=O) groups is 2. The molecule has 5 rings (SSSR count). The highest BCUT2D eigenvalue weighted by atomic mass is 19.4. The molecule has 10 nitrogen and oxygen atoms in total. The second kappa shape index (κ2) is 11.8. The number of rotatable bonds is 9. The van der Waals surface area contributed by atoms with Crippen LogP contribution in [0.4, 0.5) is 47.7 Å². The Kier molecular flexibility index (Phi) is 7.82. The van der Waals surface area contributed by atoms with Crippen molar-refractivity contribution < 1.29 is 22.8 Å². The molecule has 0 saturated heterocycles. The van der Waals surface area contributed by atoms with Gasteiger partial charge in [-0.2, -0.15) is 13.2 Å². The molecule has 0 atom stereocenters. The Labute approximate surface area is 237 Å². The van der Waals surface area contributed by atoms with Gasteiger partial charge in [-0.25, -0.2) is 15.0 Å². The average Bonchev–Trinajstić information content (AvgIpc) is 3.43. The Morgan fingerprint density at radius 2 is 1.69 bits per heavy atom. The molecule has 5 aromatic rings. The first-order chi connectivity index (χ1) is 20.2. The van der Waals surface area contributed by atoms with Gasteiger partial charge < -0.3 is 21.3 Å². The van der Waals surface area contributed by atoms with E-state index in [1.54, 1.807) is 59.4 Å². The van der Waals surface area contributed by atoms with Crippen LogP contribution in [0.3, 0.4) is 0 Å². The molecule has 0 bridgehead atoms. The Morgan fingerprint density at radius 3 is 2.50 bits per heavy atom. The minimum Gasteiger partial charge on any atom is -0.340 e. The average molecular weight is 573 g/mol. The summed E-state index contributed by atoms with van der Waals surface area (Å²) in [5.41, 5.74) is 2.12. The number of nitrogens with one attached hydrogen (secondary N) is 4. The van der Waals surface area contributed by atoms with Crippen molar-refractivity contribution in [1.29, 1.82) is 0 Å². The Hall–Kier alpha value is -5.72. The van der Waals surface area contributed by atoms with Gasteiger partial charge in [0.25, 0.3) is 5.91 Å². The maximum Gasteiger partial charge on any atom is 0.416 e. The number of amides is 2. The molecule has 0 spiro atoms. The molecule has 0 radical (unpaired) electrons. The van der Waals surface area contributed by atoms with E-state index in [9.17, 15) is 22.8 Å². The van der Waals surface area contributed by atoms with Crippen molar-refractivity contribution in [2.24, 2.45) is 0 Å². The van der Waals surface area contributed by atoms with Crippen LogP contribution in [0.15, 0.2) is 91.5 Å². The summed E-state index contributed by atoms with van der Waals surface area (Å²) in [5.74, 6) is 0.742. The maximum absolute atomic E-state index is 13.1. The van der Waals surface area contributed by atoms with Gasteiger partial charge in [0.2, 0.25) is 12.4 Å². The Balaban J connectivity index is 1.34. The second-order valence-corrected chi connectivity index (χ2v) is 9.04. The van der Waals surface area contributed by atoms with E-state index >= 15 is 0 Å². The van der Waals surface area contributed by atoms with E-state index in [-0.39, 0.29) is 5.56 Å². The molecular formula is C29H23F3N8O2. The summed E-state index contributed by atoms with van der Waals surface area (Å²) >= 11 is 0. The first kappa shape index (κ1) is 27.8. The predicted molar refractivity (Wildman–Crippen MR) is 152 cm³/mol. The first-order valence-electron chi connectivity index (χ1n) is 12.5. The number of carbonyl (C=O) groups excluding carboxylic acids is 2. The fraction of sp³-hybridized carbons (Fsp3) is 0.0690. The van der Waals surface area contributed by atoms with E-state index in [2.05, 4.69) is 36.2 Å². The number of aryl methyl sites for hydroxylation is 1. The number of nitrogens with zero attached hydrogens (tertiary/aromatic N) is 4. The first-order valence-corrected chi connectivity index (χ1v) is 12.5. The number of hydrogen-bond donors (Lipinski definition) is 4. The van der Waals surface area contributed by atoms with E-state index in [0.717, 1.165) is 17.7 Å². The minimum atomic E-state index is -4.56. The molecular weight excluding hydrogens is 549 g/mol. The summed E-state index contributed by atoms with van der Waals surface area (Å²) in [4.78, 5) is 36.4. The number of alkyl halides is 3. The fourth-order valence-corrected chi connectivity index (χ4v) is 4.03. The topological polar surface area (TPSA) is 126 Å². The largest absolute Gasteiger partial charge is 0.416 e. The van der Waals surface area contributed by atoms with E-state index in [4.69, 9.17) is 0 Å². The van der Waals surface area contributed by atoms with Crippen molar-refractivity contribution in [3.05, 3.63) is 108 Å². The van der Waals surface area contributed by atoms with Gasteiger partial charge in [0, 0.05) is 46.8 Å². The Morgan fingerprint density at radius 1 is 0.881 bits per heavy atom. The SMILES string of the molecule is Cc1ccc(NC(=O)c2cccc(C(F)(F)F)c2)cc1Nc1nccn1-c1cc(Nc2cccc(NC=O)c2)ncn1. The molecule has 2 amide bonds. The number of aromatic nitrogens is 4. The molecule has 0 saturated carbocycles. The molecule has 42 heavy (non-hydrogen) atoms. The van der Waals surface area contributed by atoms with Gasteiger partial charge >= 0.3 is 6.18 Å². The van der Waals surface area contributed by atoms with Gasteiger partial charge in [-0.3, -0.25) is 14.2 Å². The van der Waals surface area contributed by atoms with E-state index < -0.39 is 17.6 Å². The summed E-state index contributed by atoms with van der Waals surface area (Å²) < 4.78 is 40.9. The number of halogens is 3. The van der Waals surface area contributed by atoms with Gasteiger partial charge in [-0.05, 0) is 61.0 Å². The second-order valence-electron chi connectivity index (χ2n) is 9.04. The lowest BCUT2D eigenvalue weighted by molar-refractivity contribution is -0.137. The lowest BCUT2D eigenvalue weighted by Gasteiger charge is -2.14. The van der Waals surface area contributed by atoms with Gasteiger partial charge in [0.05, 0.1) is 5.56 Å². The van der Waals surface area contributed by atoms with Crippen LogP contribution < -0.4 is 21.3 Å². The smallest absolute Gasteiger partial charge is 0.340 e. The highest BCUT2D eigenvalue weighted by molar-refractivity contribution is 6.04. The monoisotopic (exact) mass is 572 g/mol. The quantitative estimate of drug-likeness (QED) is 0.153. The van der Waals surface area contributed by atoms with Crippen LogP contribution in [0.25, 0.3) is 5.82 Å². The summed E-state index contributed by atoms with van der Waals surface area (Å²) in [6.07, 6.45) is 0.721. The number of anilines is 6. The van der Waals surface area contributed by atoms with Crippen LogP contribution in [0, 0.1) is 6.92 Å². The van der Waals surface area contributed by atoms with E-state index in [1.165, 1.54) is 18.5 Å². The molecule has 4 N–H and O–H groups in total. The van der Waals surface area contributed by atoms with Crippen molar-refractivity contribution >= 4 is 46.8 Å². The normalized spacial score (nSPS) is 11.0. The van der Waals surface area contributed by atoms with Crippen molar-refractivity contribution in [3.8, 4) is 5.82 Å². The van der Waals surface area contributed by atoms with Crippen LogP contribution >= 0.6 is 0 Å². The number of imidazole rings is 1. The van der Waals surface area contributed by atoms with Gasteiger partial charge in [-0.1, -0.05) is 18.2 Å². The Bertz CT molecular complexity index is 1750. The highest BCUT2D eigenvalue weighted by Crippen LogP contribution is 2.30. The third-order valence-electron chi connectivity index (χ3n) is 6.09. The molecule has 3 aromatic carbocycles. The van der Waals surface area contributed by atoms with Crippen molar-refractivity contribution in [2.45, 2.75) is 13.1 Å². The molecule has 0 aliphatic rings. The van der Waals surface area contributed by atoms with Crippen molar-refractivity contribution in [1.82, 2.24) is 19.5 Å². The van der Waals surface area contributed by atoms with Crippen molar-refractivity contribution in [3.63, 3.8) is 0 Å². The third-order valence-corrected chi connectivity index (χ3v) is 6.09. The lowest BCUT2D eigenvalue weighted by Crippen LogP contribution is -2.14. The highest BCUT2D eigenvalue weighted by Gasteiger charge is 2.30. The van der Waals surface area contributed by atoms with Crippen LogP contribution in [0.1, 0.15) is 21.5 Å². The van der Waals surface area contributed by atoms with E-state index in [0.29, 0.717) is 46.7 Å². The summed E-state index contributed by atoms with van der Waals surface area (Å²) in [6, 6.07) is 18.1. The maximum atomic E-state index is 13.1. The number of benzene rings is 3. The molecule has 2 aromatic heterocycles. The predicted octanol–water partition coefficient (Wildman–Crippen LogP) is 6.30. The molecule has 0 unspecified atom stereocenters. The third kappa shape index (κ3) is 6.53. The molecule has 212 valence electrons. The van der Waals surface area contributed by atoms with Gasteiger partial charge in [0.15, 0.2) is 0 Å². The number of hydrogen-bond acceptors (Lipinski definition) is 7. The standard InChI is InChI=1S/C29H23F3N8O2/c1-18-8-9-23(38-27(42)19-4-2-5-20(12-19)29(30,31)32)14-24(18)39-28-33-10-11-40(28)26-15-25(34-16-35-26)37-22-7-3-6-21(13-22)36-17-41/h2-17H,1H3,(H,33,39)(H,36,41)(H,38,42)(H,34,35,37). The molecule has 0 aliphatic heterocycles. The zero-order valence-electron chi connectivity index (χ0n) is 22.0. The molecule has 0 fully saturated rings. The van der Waals surface area contributed by atoms with E-state index in [1.807, 2.05) is 13.0 Å². The zero-order valence-corrected chi connectivity index (χ0v) is 22.0. The van der Waals surface area contributed by atoms with Gasteiger partial charge in [0.1, 0.15) is 18.0 Å². The van der Waals surface area contributed by atoms with Crippen LogP contribution in [-0.2, 0) is 11.0 Å². The minimum absolute atomic E-state index is 0.115. The summed E-state index contributed by atoms with van der Waals surface area (Å²) in [6.45, 7) is 1.86. The molecule has 13 heteroatoms. The lowest BCUT2D eigenvalue weighted by atomic mass is 10.1. The van der Waals surface area contributed by atoms with Crippen LogP contribution in [-0.4, -0.2) is 31.8 Å². The molecule has 2 heterocycles. The van der Waals surface area contributed by atoms with Crippen LogP contribution in [0.5, 0.6) is 0 Å². The zero-order chi connectivity index (χ0) is 29.7. The van der Waals surface area contributed by atoms with Crippen LogP contribution in [0.2, 0.25) is 0 Å². The van der Waals surface area contributed by atoms with Crippen molar-refractivity contribution in [2.75, 3.05) is 21.3 Å². The summed E-state index contributed by atoms with van der Waals surface area (Å²) in [7, 11) is 0. The summed E-state index contributed by atoms with van der Waals surface area (Å²) in [5, 5.41) is 11.6. The fourth-order valence-electron chi connectivity index (χ4n) is 4.03.